The topological polar surface area (TPSA) is 85.9 Å². The van der Waals surface area contributed by atoms with Crippen molar-refractivity contribution in [3.05, 3.63) is 30.3 Å². The van der Waals surface area contributed by atoms with Crippen molar-refractivity contribution in [1.29, 1.82) is 0 Å². The van der Waals surface area contributed by atoms with Crippen molar-refractivity contribution in [1.82, 2.24) is 0 Å². The van der Waals surface area contributed by atoms with E-state index in [1.54, 1.807) is 18.2 Å². The molecule has 0 heterocycles. The van der Waals surface area contributed by atoms with Gasteiger partial charge in [-0.15, -0.1) is 0 Å². The fourth-order valence-corrected chi connectivity index (χ4v) is 1.09. The van der Waals surface area contributed by atoms with Gasteiger partial charge in [-0.1, -0.05) is 18.2 Å². The first kappa shape index (κ1) is 15.2. The minimum atomic E-state index is -4.00. The molecule has 1 rings (SSSR count). The van der Waals surface area contributed by atoms with E-state index in [-0.39, 0.29) is 61.8 Å². The van der Waals surface area contributed by atoms with Crippen molar-refractivity contribution < 1.29 is 18.4 Å². The van der Waals surface area contributed by atoms with Gasteiger partial charge in [0.05, 0.1) is 4.90 Å². The first-order valence-electron chi connectivity index (χ1n) is 2.63. The average Bonchev–Trinajstić information content (AvgIpc) is 1.88. The van der Waals surface area contributed by atoms with Crippen molar-refractivity contribution in [2.24, 2.45) is 0 Å². The van der Waals surface area contributed by atoms with Crippen LogP contribution in [-0.4, -0.2) is 69.8 Å². The molecule has 0 aliphatic carbocycles. The van der Waals surface area contributed by atoms with Gasteiger partial charge in [0.1, 0.15) is 0 Å². The summed E-state index contributed by atoms with van der Waals surface area (Å²) in [7, 11) is -4.00. The molecule has 4 nitrogen and oxygen atoms in total. The van der Waals surface area contributed by atoms with Crippen molar-refractivity contribution in [2.45, 2.75) is 4.90 Å². The third kappa shape index (κ3) is 4.68. The molecule has 0 bridgehead atoms. The summed E-state index contributed by atoms with van der Waals surface area (Å²) in [6, 6.07) is 7.42. The quantitative estimate of drug-likeness (QED) is 0.505. The molecule has 0 atom stereocenters. The van der Waals surface area contributed by atoms with Crippen molar-refractivity contribution in [2.75, 3.05) is 0 Å². The Kier molecular flexibility index (Phi) is 7.89. The number of hydrogen-bond acceptors (Lipinski definition) is 2. The van der Waals surface area contributed by atoms with Crippen LogP contribution in [0.2, 0.25) is 0 Å². The molecule has 1 aromatic carbocycles. The predicted octanol–water partition coefficient (Wildman–Crippen LogP) is -0.540. The van der Waals surface area contributed by atoms with Crippen LogP contribution in [0.5, 0.6) is 0 Å². The van der Waals surface area contributed by atoms with Crippen LogP contribution in [0.25, 0.3) is 0 Å². The van der Waals surface area contributed by atoms with Crippen LogP contribution in [-0.2, 0) is 10.1 Å². The fraction of sp³-hybridized carbons (Fsp3) is 0. The zero-order valence-electron chi connectivity index (χ0n) is 5.56. The Morgan fingerprint density at radius 3 is 1.75 bits per heavy atom. The summed E-state index contributed by atoms with van der Waals surface area (Å²) in [5, 5.41) is 0. The molecule has 0 fully saturated rings. The molecule has 0 radical (unpaired) electrons. The van der Waals surface area contributed by atoms with Crippen LogP contribution in [0.4, 0.5) is 0 Å². The van der Waals surface area contributed by atoms with Crippen LogP contribution < -0.4 is 0 Å². The van der Waals surface area contributed by atoms with Gasteiger partial charge < -0.3 is 5.48 Å². The summed E-state index contributed by atoms with van der Waals surface area (Å²) in [6.07, 6.45) is 0. The SMILES string of the molecule is O.O=S(=O)(O)c1ccccc1.[KH]. The molecule has 0 spiro atoms. The first-order valence-corrected chi connectivity index (χ1v) is 4.07. The third-order valence-corrected chi connectivity index (χ3v) is 1.91. The van der Waals surface area contributed by atoms with E-state index in [0.29, 0.717) is 0 Å². The maximum atomic E-state index is 10.4. The van der Waals surface area contributed by atoms with Gasteiger partial charge in [0.2, 0.25) is 0 Å². The summed E-state index contributed by atoms with van der Waals surface area (Å²) >= 11 is 0. The zero-order valence-corrected chi connectivity index (χ0v) is 6.38. The van der Waals surface area contributed by atoms with E-state index >= 15 is 0 Å². The van der Waals surface area contributed by atoms with Crippen LogP contribution >= 0.6 is 0 Å². The van der Waals surface area contributed by atoms with Gasteiger partial charge >= 0.3 is 51.4 Å². The minimum absolute atomic E-state index is 0. The maximum absolute atomic E-state index is 10.4. The van der Waals surface area contributed by atoms with Crippen molar-refractivity contribution in [3.63, 3.8) is 0 Å². The Morgan fingerprint density at radius 2 is 1.50 bits per heavy atom. The number of rotatable bonds is 1. The van der Waals surface area contributed by atoms with Gasteiger partial charge in [0.25, 0.3) is 10.1 Å². The molecule has 0 unspecified atom stereocenters. The van der Waals surface area contributed by atoms with Gasteiger partial charge in [-0.3, -0.25) is 4.55 Å². The molecule has 0 aliphatic rings. The van der Waals surface area contributed by atoms with E-state index in [9.17, 15) is 8.42 Å². The molecule has 3 N–H and O–H groups in total. The van der Waals surface area contributed by atoms with Gasteiger partial charge in [0, 0.05) is 0 Å². The van der Waals surface area contributed by atoms with E-state index < -0.39 is 10.1 Å². The van der Waals surface area contributed by atoms with Crippen molar-refractivity contribution in [3.8, 4) is 0 Å². The summed E-state index contributed by atoms with van der Waals surface area (Å²) in [4.78, 5) is -0.0741. The summed E-state index contributed by atoms with van der Waals surface area (Å²) < 4.78 is 29.2. The van der Waals surface area contributed by atoms with Gasteiger partial charge in [-0.2, -0.15) is 8.42 Å². The Morgan fingerprint density at radius 1 is 1.08 bits per heavy atom. The Labute approximate surface area is 113 Å². The molecule has 64 valence electrons. The van der Waals surface area contributed by atoms with E-state index in [1.807, 2.05) is 0 Å². The van der Waals surface area contributed by atoms with Crippen LogP contribution in [0.1, 0.15) is 0 Å². The Hall–Kier alpha value is 0.726. The Bertz CT molecular complexity index is 308. The number of hydrogen-bond donors (Lipinski definition) is 1. The summed E-state index contributed by atoms with van der Waals surface area (Å²) in [5.74, 6) is 0. The summed E-state index contributed by atoms with van der Waals surface area (Å²) in [6.45, 7) is 0. The zero-order chi connectivity index (χ0) is 7.61. The third-order valence-electron chi connectivity index (χ3n) is 1.04. The van der Waals surface area contributed by atoms with Gasteiger partial charge in [0.15, 0.2) is 0 Å². The van der Waals surface area contributed by atoms with Gasteiger partial charge in [-0.05, 0) is 12.1 Å². The second kappa shape index (κ2) is 6.22. The Balaban J connectivity index is 0. The van der Waals surface area contributed by atoms with Gasteiger partial charge in [-0.25, -0.2) is 0 Å². The second-order valence-electron chi connectivity index (χ2n) is 1.79. The molecule has 12 heavy (non-hydrogen) atoms. The molecule has 0 aromatic heterocycles. The average molecular weight is 216 g/mol. The monoisotopic (exact) mass is 216 g/mol. The summed E-state index contributed by atoms with van der Waals surface area (Å²) in [5.41, 5.74) is 0. The second-order valence-corrected chi connectivity index (χ2v) is 3.21. The van der Waals surface area contributed by atoms with Crippen LogP contribution in [0, 0.1) is 0 Å². The van der Waals surface area contributed by atoms with E-state index in [0.717, 1.165) is 0 Å². The van der Waals surface area contributed by atoms with E-state index in [4.69, 9.17) is 4.55 Å². The number of benzene rings is 1. The van der Waals surface area contributed by atoms with E-state index in [2.05, 4.69) is 0 Å². The molecule has 0 amide bonds. The van der Waals surface area contributed by atoms with E-state index in [1.165, 1.54) is 12.1 Å². The molecule has 6 heteroatoms. The molecular weight excluding hydrogens is 207 g/mol. The standard InChI is InChI=1S/C6H6O3S.K.H2O.H/c7-10(8,9)6-4-2-1-3-5-6;;;/h1-5H,(H,7,8,9);;1H2;. The molecule has 1 aromatic rings. The predicted molar refractivity (Wildman–Crippen MR) is 47.0 cm³/mol. The van der Waals surface area contributed by atoms with Crippen LogP contribution in [0.15, 0.2) is 35.2 Å². The normalized spacial score (nSPS) is 9.42. The molecule has 0 aliphatic heterocycles. The molecule has 0 saturated carbocycles. The van der Waals surface area contributed by atoms with Crippen molar-refractivity contribution >= 4 is 61.5 Å². The molecule has 0 saturated heterocycles. The first-order chi connectivity index (χ1) is 4.61. The fourth-order valence-electron chi connectivity index (χ4n) is 0.592. The molecular formula is C6H9KO4S. The van der Waals surface area contributed by atoms with Crippen LogP contribution in [0.3, 0.4) is 0 Å².